The fourth-order valence-corrected chi connectivity index (χ4v) is 2.39. The summed E-state index contributed by atoms with van der Waals surface area (Å²) in [4.78, 5) is 22.9. The number of hydrogen-bond donors (Lipinski definition) is 2. The van der Waals surface area contributed by atoms with Crippen LogP contribution in [0.25, 0.3) is 0 Å². The number of rotatable bonds is 5. The minimum Gasteiger partial charge on any atom is -0.508 e. The molecule has 7 heteroatoms. The summed E-state index contributed by atoms with van der Waals surface area (Å²) in [6, 6.07) is 8.28. The van der Waals surface area contributed by atoms with E-state index < -0.39 is 18.4 Å². The number of aromatic hydroxyl groups is 1. The van der Waals surface area contributed by atoms with Crippen LogP contribution in [0.2, 0.25) is 10.0 Å². The summed E-state index contributed by atoms with van der Waals surface area (Å²) in [5.41, 5.74) is 0.387. The number of ether oxygens (including phenoxy) is 1. The molecule has 0 aromatic heterocycles. The lowest BCUT2D eigenvalue weighted by Gasteiger charge is -2.10. The molecule has 0 aliphatic rings. The summed E-state index contributed by atoms with van der Waals surface area (Å²) in [5.74, 6) is -1.37. The molecule has 2 aromatic rings. The minimum atomic E-state index is -1.14. The van der Waals surface area contributed by atoms with Gasteiger partial charge in [0.05, 0.1) is 15.6 Å². The zero-order valence-corrected chi connectivity index (χ0v) is 12.6. The van der Waals surface area contributed by atoms with Crippen LogP contribution in [0.5, 0.6) is 11.5 Å². The van der Waals surface area contributed by atoms with Crippen molar-refractivity contribution in [1.29, 1.82) is 0 Å². The third-order valence-corrected chi connectivity index (χ3v) is 3.33. The summed E-state index contributed by atoms with van der Waals surface area (Å²) < 4.78 is 4.97. The van der Waals surface area contributed by atoms with E-state index in [0.29, 0.717) is 5.56 Å². The lowest BCUT2D eigenvalue weighted by Crippen LogP contribution is -2.10. The predicted molar refractivity (Wildman–Crippen MR) is 81.1 cm³/mol. The highest BCUT2D eigenvalue weighted by Gasteiger charge is 2.18. The smallest absolute Gasteiger partial charge is 0.341 e. The van der Waals surface area contributed by atoms with E-state index in [2.05, 4.69) is 0 Å². The molecule has 22 heavy (non-hydrogen) atoms. The van der Waals surface area contributed by atoms with Crippen molar-refractivity contribution in [2.75, 3.05) is 6.61 Å². The van der Waals surface area contributed by atoms with Gasteiger partial charge in [0.15, 0.2) is 12.4 Å². The maximum atomic E-state index is 12.4. The molecule has 2 N–H and O–H groups in total. The number of carboxylic acids is 1. The lowest BCUT2D eigenvalue weighted by molar-refractivity contribution is -0.139. The second-order valence-electron chi connectivity index (χ2n) is 4.32. The maximum Gasteiger partial charge on any atom is 0.341 e. The van der Waals surface area contributed by atoms with Crippen LogP contribution < -0.4 is 4.74 Å². The van der Waals surface area contributed by atoms with Gasteiger partial charge in [0, 0.05) is 5.56 Å². The standard InChI is InChI=1S/C15H10Cl2O5/c16-11-5-10(22-7-13(19)20)6-12(17)14(11)15(21)8-1-3-9(18)4-2-8/h1-6,18H,7H2,(H,19,20). The number of phenols is 1. The molecular weight excluding hydrogens is 331 g/mol. The zero-order chi connectivity index (χ0) is 16.3. The Morgan fingerprint density at radius 1 is 1.05 bits per heavy atom. The Hall–Kier alpha value is -2.24. The molecule has 5 nitrogen and oxygen atoms in total. The van der Waals surface area contributed by atoms with Crippen LogP contribution in [0, 0.1) is 0 Å². The molecular formula is C15H10Cl2O5. The number of carbonyl (C=O) groups is 2. The first-order valence-corrected chi connectivity index (χ1v) is 6.81. The SMILES string of the molecule is O=C(O)COc1cc(Cl)c(C(=O)c2ccc(O)cc2)c(Cl)c1. The Morgan fingerprint density at radius 3 is 2.09 bits per heavy atom. The van der Waals surface area contributed by atoms with Crippen molar-refractivity contribution in [2.45, 2.75) is 0 Å². The Balaban J connectivity index is 2.33. The highest BCUT2D eigenvalue weighted by Crippen LogP contribution is 2.32. The molecule has 0 unspecified atom stereocenters. The van der Waals surface area contributed by atoms with Gasteiger partial charge in [-0.2, -0.15) is 0 Å². The predicted octanol–water partition coefficient (Wildman–Crippen LogP) is 3.39. The number of benzene rings is 2. The summed E-state index contributed by atoms with van der Waals surface area (Å²) >= 11 is 12.1. The number of ketones is 1. The number of aliphatic carboxylic acids is 1. The van der Waals surface area contributed by atoms with Gasteiger partial charge in [0.1, 0.15) is 11.5 Å². The third kappa shape index (κ3) is 3.69. The van der Waals surface area contributed by atoms with Gasteiger partial charge in [-0.3, -0.25) is 4.79 Å². The molecule has 0 atom stereocenters. The molecule has 2 rings (SSSR count). The lowest BCUT2D eigenvalue weighted by atomic mass is 10.0. The third-order valence-electron chi connectivity index (χ3n) is 2.73. The molecule has 0 fully saturated rings. The quantitative estimate of drug-likeness (QED) is 0.815. The average molecular weight is 341 g/mol. The Kier molecular flexibility index (Phi) is 4.90. The van der Waals surface area contributed by atoms with Gasteiger partial charge in [-0.05, 0) is 36.4 Å². The van der Waals surface area contributed by atoms with Gasteiger partial charge < -0.3 is 14.9 Å². The molecule has 0 spiro atoms. The Bertz CT molecular complexity index is 702. The van der Waals surface area contributed by atoms with Crippen molar-refractivity contribution < 1.29 is 24.5 Å². The molecule has 0 aliphatic heterocycles. The van der Waals surface area contributed by atoms with Crippen molar-refractivity contribution in [3.8, 4) is 11.5 Å². The van der Waals surface area contributed by atoms with Crippen LogP contribution in [0.15, 0.2) is 36.4 Å². The van der Waals surface area contributed by atoms with E-state index in [1.54, 1.807) is 0 Å². The van der Waals surface area contributed by atoms with E-state index in [0.717, 1.165) is 0 Å². The van der Waals surface area contributed by atoms with Crippen LogP contribution in [0.4, 0.5) is 0 Å². The number of carboxylic acid groups (broad SMARTS) is 1. The van der Waals surface area contributed by atoms with E-state index in [1.807, 2.05) is 0 Å². The van der Waals surface area contributed by atoms with Gasteiger partial charge in [0.2, 0.25) is 0 Å². The molecule has 0 amide bonds. The van der Waals surface area contributed by atoms with Crippen LogP contribution in [0.1, 0.15) is 15.9 Å². The summed E-state index contributed by atoms with van der Waals surface area (Å²) in [6.07, 6.45) is 0. The fourth-order valence-electron chi connectivity index (χ4n) is 1.75. The molecule has 0 aliphatic carbocycles. The molecule has 114 valence electrons. The van der Waals surface area contributed by atoms with Crippen molar-refractivity contribution in [3.63, 3.8) is 0 Å². The van der Waals surface area contributed by atoms with Crippen molar-refractivity contribution in [1.82, 2.24) is 0 Å². The number of phenolic OH excluding ortho intramolecular Hbond substituents is 1. The van der Waals surface area contributed by atoms with Gasteiger partial charge in [-0.25, -0.2) is 4.79 Å². The summed E-state index contributed by atoms with van der Waals surface area (Å²) in [6.45, 7) is -0.544. The van der Waals surface area contributed by atoms with Crippen LogP contribution >= 0.6 is 23.2 Å². The second kappa shape index (κ2) is 6.68. The molecule has 0 heterocycles. The van der Waals surface area contributed by atoms with Crippen molar-refractivity contribution in [3.05, 3.63) is 57.6 Å². The van der Waals surface area contributed by atoms with Crippen molar-refractivity contribution in [2.24, 2.45) is 0 Å². The number of halogens is 2. The van der Waals surface area contributed by atoms with E-state index in [4.69, 9.17) is 33.0 Å². The van der Waals surface area contributed by atoms with Crippen LogP contribution in [-0.2, 0) is 4.79 Å². The Labute approximate surface area is 135 Å². The maximum absolute atomic E-state index is 12.4. The zero-order valence-electron chi connectivity index (χ0n) is 11.0. The average Bonchev–Trinajstić information content (AvgIpc) is 2.45. The molecule has 0 bridgehead atoms. The van der Waals surface area contributed by atoms with Crippen LogP contribution in [0.3, 0.4) is 0 Å². The Morgan fingerprint density at radius 2 is 1.59 bits per heavy atom. The van der Waals surface area contributed by atoms with E-state index in [1.165, 1.54) is 36.4 Å². The summed E-state index contributed by atoms with van der Waals surface area (Å²) in [5, 5.41) is 17.9. The van der Waals surface area contributed by atoms with E-state index in [-0.39, 0.29) is 27.1 Å². The van der Waals surface area contributed by atoms with Gasteiger partial charge in [0.25, 0.3) is 0 Å². The van der Waals surface area contributed by atoms with E-state index in [9.17, 15) is 14.7 Å². The monoisotopic (exact) mass is 340 g/mol. The molecule has 2 aromatic carbocycles. The van der Waals surface area contributed by atoms with Gasteiger partial charge in [-0.15, -0.1) is 0 Å². The number of carbonyl (C=O) groups excluding carboxylic acids is 1. The molecule has 0 radical (unpaired) electrons. The number of hydrogen-bond acceptors (Lipinski definition) is 4. The van der Waals surface area contributed by atoms with Crippen molar-refractivity contribution >= 4 is 35.0 Å². The minimum absolute atomic E-state index is 0.0335. The second-order valence-corrected chi connectivity index (χ2v) is 5.13. The normalized spacial score (nSPS) is 10.3. The largest absolute Gasteiger partial charge is 0.508 e. The first-order chi connectivity index (χ1) is 10.4. The van der Waals surface area contributed by atoms with E-state index >= 15 is 0 Å². The first-order valence-electron chi connectivity index (χ1n) is 6.06. The topological polar surface area (TPSA) is 83.8 Å². The highest BCUT2D eigenvalue weighted by molar-refractivity contribution is 6.41. The van der Waals surface area contributed by atoms with Gasteiger partial charge in [-0.1, -0.05) is 23.2 Å². The summed E-state index contributed by atoms with van der Waals surface area (Å²) in [7, 11) is 0. The van der Waals surface area contributed by atoms with Crippen LogP contribution in [-0.4, -0.2) is 28.6 Å². The fraction of sp³-hybridized carbons (Fsp3) is 0.0667. The first kappa shape index (κ1) is 16.1. The molecule has 0 saturated heterocycles. The highest BCUT2D eigenvalue weighted by atomic mass is 35.5. The van der Waals surface area contributed by atoms with Gasteiger partial charge >= 0.3 is 5.97 Å². The molecule has 0 saturated carbocycles.